The monoisotopic (exact) mass is 492 g/mol. The molecule has 0 aliphatic heterocycles. The summed E-state index contributed by atoms with van der Waals surface area (Å²) in [6.07, 6.45) is 22.6. The van der Waals surface area contributed by atoms with Gasteiger partial charge in [0.25, 0.3) is 0 Å². The summed E-state index contributed by atoms with van der Waals surface area (Å²) in [5.74, 6) is 7.13. The number of carbonyl (C=O) groups is 2. The summed E-state index contributed by atoms with van der Waals surface area (Å²) in [5.41, 5.74) is -0.0444. The van der Waals surface area contributed by atoms with E-state index < -0.39 is 0 Å². The molecule has 4 heteroatoms. The second-order valence-corrected chi connectivity index (χ2v) is 15.8. The number of nitrogens with one attached hydrogen (secondary N) is 2. The van der Waals surface area contributed by atoms with Crippen molar-refractivity contribution in [1.29, 1.82) is 0 Å². The van der Waals surface area contributed by atoms with Crippen LogP contribution >= 0.6 is 0 Å². The van der Waals surface area contributed by atoms with E-state index in [1.807, 2.05) is 0 Å². The van der Waals surface area contributed by atoms with E-state index in [1.165, 1.54) is 103 Å². The topological polar surface area (TPSA) is 58.2 Å². The Morgan fingerprint density at radius 2 is 1.00 bits per heavy atom. The van der Waals surface area contributed by atoms with Crippen molar-refractivity contribution >= 4 is 11.8 Å². The van der Waals surface area contributed by atoms with Crippen molar-refractivity contribution in [3.05, 3.63) is 0 Å². The van der Waals surface area contributed by atoms with Crippen LogP contribution in [0.1, 0.15) is 116 Å². The lowest BCUT2D eigenvalue weighted by molar-refractivity contribution is -0.148. The first-order chi connectivity index (χ1) is 17.5. The van der Waals surface area contributed by atoms with Crippen molar-refractivity contribution in [2.75, 3.05) is 0 Å². The van der Waals surface area contributed by atoms with Crippen LogP contribution in [0, 0.1) is 58.2 Å². The molecule has 0 radical (unpaired) electrons. The first-order valence-electron chi connectivity index (χ1n) is 16.1. The van der Waals surface area contributed by atoms with Gasteiger partial charge in [-0.15, -0.1) is 0 Å². The lowest BCUT2D eigenvalue weighted by Crippen LogP contribution is -2.58. The molecule has 4 nitrogen and oxygen atoms in total. The molecule has 10 fully saturated rings. The summed E-state index contributed by atoms with van der Waals surface area (Å²) in [4.78, 5) is 27.5. The molecule has 0 heterocycles. The Balaban J connectivity index is 0.905. The third kappa shape index (κ3) is 3.65. The van der Waals surface area contributed by atoms with Gasteiger partial charge in [-0.2, -0.15) is 0 Å². The molecule has 0 aromatic carbocycles. The number of carbonyl (C=O) groups excluding carboxylic acids is 2. The highest BCUT2D eigenvalue weighted by Crippen LogP contribution is 2.61. The minimum Gasteiger partial charge on any atom is -0.353 e. The quantitative estimate of drug-likeness (QED) is 0.506. The van der Waals surface area contributed by atoms with Crippen molar-refractivity contribution in [2.45, 2.75) is 128 Å². The zero-order chi connectivity index (χ0) is 24.1. The number of fused-ring (bicyclic) bond motifs is 1. The van der Waals surface area contributed by atoms with Gasteiger partial charge in [0.15, 0.2) is 0 Å². The first-order valence-corrected chi connectivity index (χ1v) is 16.1. The molecule has 8 bridgehead atoms. The number of hydrogen-bond donors (Lipinski definition) is 2. The second-order valence-electron chi connectivity index (χ2n) is 15.8. The third-order valence-electron chi connectivity index (χ3n) is 13.3. The third-order valence-corrected chi connectivity index (χ3v) is 13.3. The van der Waals surface area contributed by atoms with E-state index in [2.05, 4.69) is 10.6 Å². The van der Waals surface area contributed by atoms with Crippen molar-refractivity contribution in [2.24, 2.45) is 58.2 Å². The van der Waals surface area contributed by atoms with E-state index in [4.69, 9.17) is 0 Å². The number of rotatable bonds is 4. The fourth-order valence-electron chi connectivity index (χ4n) is 12.7. The SMILES string of the molecule is O=C(NC1CCC2C(CCCC2NC(=O)C23CC4CC(CC(C4)C2)C3)C1)C12CC3CC(CC(C3)C1)C2. The Labute approximate surface area is 217 Å². The summed E-state index contributed by atoms with van der Waals surface area (Å²) in [7, 11) is 0. The Morgan fingerprint density at radius 1 is 0.528 bits per heavy atom. The second kappa shape index (κ2) is 8.22. The van der Waals surface area contributed by atoms with Gasteiger partial charge in [-0.05, 0) is 156 Å². The van der Waals surface area contributed by atoms with Crippen molar-refractivity contribution in [1.82, 2.24) is 10.6 Å². The van der Waals surface area contributed by atoms with E-state index in [0.29, 0.717) is 35.7 Å². The van der Waals surface area contributed by atoms with E-state index in [1.54, 1.807) is 0 Å². The average molecular weight is 493 g/mol. The molecule has 0 aromatic rings. The fourth-order valence-corrected chi connectivity index (χ4v) is 12.7. The van der Waals surface area contributed by atoms with Gasteiger partial charge < -0.3 is 10.6 Å². The fraction of sp³-hybridized carbons (Fsp3) is 0.938. The Kier molecular flexibility index (Phi) is 5.22. The van der Waals surface area contributed by atoms with Crippen LogP contribution in [-0.4, -0.2) is 23.9 Å². The largest absolute Gasteiger partial charge is 0.353 e. The molecule has 10 aliphatic rings. The Bertz CT molecular complexity index is 855. The van der Waals surface area contributed by atoms with Crippen LogP contribution in [-0.2, 0) is 9.59 Å². The van der Waals surface area contributed by atoms with Crippen LogP contribution in [0.15, 0.2) is 0 Å². The Hall–Kier alpha value is -1.06. The number of amides is 2. The molecule has 10 saturated carbocycles. The van der Waals surface area contributed by atoms with Gasteiger partial charge >= 0.3 is 0 Å². The molecule has 0 saturated heterocycles. The summed E-state index contributed by atoms with van der Waals surface area (Å²) in [5, 5.41) is 7.32. The highest BCUT2D eigenvalue weighted by Gasteiger charge is 2.56. The molecule has 0 aromatic heterocycles. The maximum absolute atomic E-state index is 13.8. The average Bonchev–Trinajstić information content (AvgIpc) is 2.82. The smallest absolute Gasteiger partial charge is 0.226 e. The van der Waals surface area contributed by atoms with E-state index in [0.717, 1.165) is 48.3 Å². The summed E-state index contributed by atoms with van der Waals surface area (Å²) in [6, 6.07) is 0.744. The molecule has 36 heavy (non-hydrogen) atoms. The van der Waals surface area contributed by atoms with Crippen molar-refractivity contribution in [3.63, 3.8) is 0 Å². The first kappa shape index (κ1) is 22.9. The molecule has 198 valence electrons. The normalized spacial score (nSPS) is 54.2. The molecule has 4 unspecified atom stereocenters. The Morgan fingerprint density at radius 3 is 1.50 bits per heavy atom. The molecular weight excluding hydrogens is 444 g/mol. The maximum Gasteiger partial charge on any atom is 0.226 e. The van der Waals surface area contributed by atoms with Gasteiger partial charge in [0.1, 0.15) is 0 Å². The van der Waals surface area contributed by atoms with Crippen LogP contribution in [0.25, 0.3) is 0 Å². The van der Waals surface area contributed by atoms with Gasteiger partial charge in [-0.3, -0.25) is 9.59 Å². The predicted molar refractivity (Wildman–Crippen MR) is 140 cm³/mol. The molecular formula is C32H48N2O2. The highest BCUT2D eigenvalue weighted by molar-refractivity contribution is 5.84. The lowest BCUT2D eigenvalue weighted by Gasteiger charge is -2.56. The van der Waals surface area contributed by atoms with Gasteiger partial charge in [-0.1, -0.05) is 6.42 Å². The van der Waals surface area contributed by atoms with Gasteiger partial charge in [-0.25, -0.2) is 0 Å². The van der Waals surface area contributed by atoms with E-state index >= 15 is 0 Å². The highest BCUT2D eigenvalue weighted by atomic mass is 16.2. The van der Waals surface area contributed by atoms with E-state index in [9.17, 15) is 9.59 Å². The molecule has 2 N–H and O–H groups in total. The standard InChI is InChI=1S/C32H48N2O2/c35-29(31-13-19-6-20(14-31)8-21(7-19)15-31)33-26-4-5-27-25(12-26)2-1-3-28(27)34-30(36)32-16-22-9-23(17-32)11-24(10-22)18-32/h19-28H,1-18H2,(H,33,35)(H,34,36). The van der Waals surface area contributed by atoms with Crippen molar-refractivity contribution < 1.29 is 9.59 Å². The molecule has 2 amide bonds. The van der Waals surface area contributed by atoms with E-state index in [-0.39, 0.29) is 10.8 Å². The van der Waals surface area contributed by atoms with Gasteiger partial charge in [0.2, 0.25) is 11.8 Å². The van der Waals surface area contributed by atoms with Gasteiger partial charge in [0.05, 0.1) is 0 Å². The van der Waals surface area contributed by atoms with Crippen LogP contribution in [0.3, 0.4) is 0 Å². The molecule has 10 rings (SSSR count). The van der Waals surface area contributed by atoms with Crippen LogP contribution < -0.4 is 10.6 Å². The summed E-state index contributed by atoms with van der Waals surface area (Å²) < 4.78 is 0. The molecule has 0 spiro atoms. The number of hydrogen-bond acceptors (Lipinski definition) is 2. The molecule has 10 aliphatic carbocycles. The predicted octanol–water partition coefficient (Wildman–Crippen LogP) is 5.99. The molecule has 4 atom stereocenters. The lowest BCUT2D eigenvalue weighted by atomic mass is 9.49. The van der Waals surface area contributed by atoms with Crippen LogP contribution in [0.4, 0.5) is 0 Å². The minimum atomic E-state index is -0.0231. The van der Waals surface area contributed by atoms with Gasteiger partial charge in [0, 0.05) is 22.9 Å². The zero-order valence-corrected chi connectivity index (χ0v) is 22.3. The minimum absolute atomic E-state index is 0.0213. The van der Waals surface area contributed by atoms with Crippen molar-refractivity contribution in [3.8, 4) is 0 Å². The maximum atomic E-state index is 13.8. The van der Waals surface area contributed by atoms with Crippen LogP contribution in [0.2, 0.25) is 0 Å². The summed E-state index contributed by atoms with van der Waals surface area (Å²) in [6.45, 7) is 0. The van der Waals surface area contributed by atoms with Crippen LogP contribution in [0.5, 0.6) is 0 Å². The summed E-state index contributed by atoms with van der Waals surface area (Å²) >= 11 is 0. The zero-order valence-electron chi connectivity index (χ0n) is 22.3.